The van der Waals surface area contributed by atoms with Crippen LogP contribution in [0, 0.1) is 5.92 Å². The minimum atomic E-state index is -3.78. The average Bonchev–Trinajstić information content (AvgIpc) is 2.82. The largest absolute Gasteiger partial charge is 0.420 e. The van der Waals surface area contributed by atoms with Crippen molar-refractivity contribution in [2.24, 2.45) is 11.7 Å². The van der Waals surface area contributed by atoms with Crippen molar-refractivity contribution in [1.29, 1.82) is 0 Å². The molecule has 0 aliphatic heterocycles. The Bertz CT molecular complexity index is 354. The molecular weight excluding hydrogens is 206 g/mol. The second-order valence-electron chi connectivity index (χ2n) is 4.19. The summed E-state index contributed by atoms with van der Waals surface area (Å²) in [6.07, 6.45) is 2.77. The smallest absolute Gasteiger partial charge is 0.334 e. The van der Waals surface area contributed by atoms with Gasteiger partial charge >= 0.3 is 16.2 Å². The van der Waals surface area contributed by atoms with Crippen molar-refractivity contribution in [3.05, 3.63) is 0 Å². The van der Waals surface area contributed by atoms with E-state index < -0.39 is 21.0 Å². The summed E-state index contributed by atoms with van der Waals surface area (Å²) >= 11 is 0. The summed E-state index contributed by atoms with van der Waals surface area (Å²) in [6, 6.07) is 0. The number of hydrogen-bond donors (Lipinski definition) is 1. The highest BCUT2D eigenvalue weighted by atomic mass is 32.2. The maximum Gasteiger partial charge on any atom is 0.420 e. The molecular formula is C8H13NO4S. The molecule has 0 spiro atoms. The van der Waals surface area contributed by atoms with Gasteiger partial charge in [0.05, 0.1) is 0 Å². The predicted octanol–water partition coefficient (Wildman–Crippen LogP) is 0.744. The standard InChI is InChI=1S/C8H13NO4S/c9-7(10)13-14(11,12)8(3-4-8)5-6-1-2-6/h6H,1-5H2,(H2,9,10). The number of primary amides is 1. The van der Waals surface area contributed by atoms with Crippen LogP contribution >= 0.6 is 0 Å². The third-order valence-corrected chi connectivity index (χ3v) is 4.91. The molecule has 5 nitrogen and oxygen atoms in total. The minimum Gasteiger partial charge on any atom is -0.334 e. The van der Waals surface area contributed by atoms with E-state index in [1.54, 1.807) is 0 Å². The van der Waals surface area contributed by atoms with Gasteiger partial charge in [0.2, 0.25) is 0 Å². The molecule has 2 fully saturated rings. The molecule has 2 aliphatic rings. The lowest BCUT2D eigenvalue weighted by molar-refractivity contribution is 0.211. The Balaban J connectivity index is 2.07. The Morgan fingerprint density at radius 3 is 2.36 bits per heavy atom. The highest BCUT2D eigenvalue weighted by Crippen LogP contribution is 2.53. The molecule has 14 heavy (non-hydrogen) atoms. The van der Waals surface area contributed by atoms with Gasteiger partial charge in [-0.05, 0) is 25.2 Å². The highest BCUT2D eigenvalue weighted by Gasteiger charge is 2.58. The van der Waals surface area contributed by atoms with Crippen molar-refractivity contribution in [3.8, 4) is 0 Å². The highest BCUT2D eigenvalue weighted by molar-refractivity contribution is 7.88. The molecule has 0 heterocycles. The molecule has 0 atom stereocenters. The first-order chi connectivity index (χ1) is 6.45. The maximum absolute atomic E-state index is 11.6. The van der Waals surface area contributed by atoms with Gasteiger partial charge in [-0.1, -0.05) is 12.8 Å². The quantitative estimate of drug-likeness (QED) is 0.706. The Morgan fingerprint density at radius 1 is 1.43 bits per heavy atom. The van der Waals surface area contributed by atoms with E-state index in [1.807, 2.05) is 0 Å². The van der Waals surface area contributed by atoms with Gasteiger partial charge in [0.1, 0.15) is 4.75 Å². The molecule has 0 bridgehead atoms. The van der Waals surface area contributed by atoms with Gasteiger partial charge in [-0.15, -0.1) is 0 Å². The SMILES string of the molecule is NC(=O)OS(=O)(=O)C1(CC2CC2)CC1. The van der Waals surface area contributed by atoms with Gasteiger partial charge in [-0.25, -0.2) is 4.79 Å². The third-order valence-electron chi connectivity index (χ3n) is 2.89. The Labute approximate surface area is 82.7 Å². The average molecular weight is 219 g/mol. The van der Waals surface area contributed by atoms with E-state index in [2.05, 4.69) is 4.18 Å². The van der Waals surface area contributed by atoms with E-state index in [0.717, 1.165) is 12.8 Å². The fourth-order valence-corrected chi connectivity index (χ4v) is 3.18. The zero-order chi connectivity index (χ0) is 10.4. The van der Waals surface area contributed by atoms with Gasteiger partial charge in [-0.3, -0.25) is 0 Å². The number of hydrogen-bond acceptors (Lipinski definition) is 4. The van der Waals surface area contributed by atoms with Gasteiger partial charge < -0.3 is 9.92 Å². The molecule has 0 aromatic rings. The lowest BCUT2D eigenvalue weighted by atomic mass is 10.2. The summed E-state index contributed by atoms with van der Waals surface area (Å²) in [6.45, 7) is 0. The molecule has 2 N–H and O–H groups in total. The molecule has 0 aromatic carbocycles. The van der Waals surface area contributed by atoms with Crippen LogP contribution in [0.2, 0.25) is 0 Å². The topological polar surface area (TPSA) is 86.5 Å². The second-order valence-corrected chi connectivity index (χ2v) is 6.13. The first kappa shape index (κ1) is 9.76. The summed E-state index contributed by atoms with van der Waals surface area (Å²) in [5, 5.41) is 0. The second kappa shape index (κ2) is 2.85. The molecule has 2 rings (SSSR count). The summed E-state index contributed by atoms with van der Waals surface area (Å²) in [5.74, 6) is 0.503. The molecule has 0 saturated heterocycles. The predicted molar refractivity (Wildman–Crippen MR) is 48.9 cm³/mol. The van der Waals surface area contributed by atoms with Crippen molar-refractivity contribution < 1.29 is 17.4 Å². The van der Waals surface area contributed by atoms with Crippen LogP contribution in [0.1, 0.15) is 32.1 Å². The van der Waals surface area contributed by atoms with E-state index in [1.165, 1.54) is 0 Å². The number of carbonyl (C=O) groups excluding carboxylic acids is 1. The van der Waals surface area contributed by atoms with Crippen molar-refractivity contribution in [3.63, 3.8) is 0 Å². The van der Waals surface area contributed by atoms with Gasteiger partial charge in [-0.2, -0.15) is 8.42 Å². The van der Waals surface area contributed by atoms with Crippen LogP contribution in [0.3, 0.4) is 0 Å². The van der Waals surface area contributed by atoms with Crippen LogP contribution in [-0.2, 0) is 14.3 Å². The normalized spacial score (nSPS) is 24.3. The summed E-state index contributed by atoms with van der Waals surface area (Å²) in [4.78, 5) is 10.4. The molecule has 2 saturated carbocycles. The molecule has 80 valence electrons. The van der Waals surface area contributed by atoms with E-state index in [-0.39, 0.29) is 0 Å². The summed E-state index contributed by atoms with van der Waals surface area (Å²) in [7, 11) is -3.78. The van der Waals surface area contributed by atoms with Crippen LogP contribution in [-0.4, -0.2) is 19.3 Å². The van der Waals surface area contributed by atoms with Crippen LogP contribution in [0.5, 0.6) is 0 Å². The maximum atomic E-state index is 11.6. The summed E-state index contributed by atoms with van der Waals surface area (Å²) in [5.41, 5.74) is 4.71. The Kier molecular flexibility index (Phi) is 1.99. The van der Waals surface area contributed by atoms with Crippen molar-refractivity contribution in [2.75, 3.05) is 0 Å². The van der Waals surface area contributed by atoms with E-state index >= 15 is 0 Å². The van der Waals surface area contributed by atoms with Gasteiger partial charge in [0, 0.05) is 0 Å². The molecule has 6 heteroatoms. The Hall–Kier alpha value is -0.780. The molecule has 0 unspecified atom stereocenters. The van der Waals surface area contributed by atoms with Crippen LogP contribution in [0.25, 0.3) is 0 Å². The van der Waals surface area contributed by atoms with Crippen LogP contribution in [0.4, 0.5) is 4.79 Å². The van der Waals surface area contributed by atoms with E-state index in [9.17, 15) is 13.2 Å². The lowest BCUT2D eigenvalue weighted by Gasteiger charge is -2.13. The molecule has 0 radical (unpaired) electrons. The fraction of sp³-hybridized carbons (Fsp3) is 0.875. The number of nitrogens with two attached hydrogens (primary N) is 1. The molecule has 1 amide bonds. The van der Waals surface area contributed by atoms with Crippen molar-refractivity contribution >= 4 is 16.2 Å². The van der Waals surface area contributed by atoms with Crippen LogP contribution < -0.4 is 5.73 Å². The first-order valence-electron chi connectivity index (χ1n) is 4.69. The zero-order valence-corrected chi connectivity index (χ0v) is 8.55. The fourth-order valence-electron chi connectivity index (χ4n) is 1.74. The Morgan fingerprint density at radius 2 is 2.00 bits per heavy atom. The van der Waals surface area contributed by atoms with Crippen molar-refractivity contribution in [2.45, 2.75) is 36.9 Å². The number of carbonyl (C=O) groups is 1. The van der Waals surface area contributed by atoms with Gasteiger partial charge in [0.15, 0.2) is 0 Å². The van der Waals surface area contributed by atoms with Gasteiger partial charge in [0.25, 0.3) is 0 Å². The summed E-state index contributed by atoms with van der Waals surface area (Å²) < 4.78 is 26.5. The minimum absolute atomic E-state index is 0.503. The van der Waals surface area contributed by atoms with Crippen LogP contribution in [0.15, 0.2) is 0 Å². The lowest BCUT2D eigenvalue weighted by Crippen LogP contribution is -2.30. The molecule has 0 aromatic heterocycles. The third kappa shape index (κ3) is 1.70. The molecule has 2 aliphatic carbocycles. The van der Waals surface area contributed by atoms with E-state index in [4.69, 9.17) is 5.73 Å². The number of rotatable bonds is 4. The first-order valence-corrected chi connectivity index (χ1v) is 6.09. The number of amides is 1. The monoisotopic (exact) mass is 219 g/mol. The van der Waals surface area contributed by atoms with E-state index in [0.29, 0.717) is 25.2 Å². The zero-order valence-electron chi connectivity index (χ0n) is 7.73. The van der Waals surface area contributed by atoms with Crippen molar-refractivity contribution in [1.82, 2.24) is 0 Å².